The Balaban J connectivity index is 0.962. The van der Waals surface area contributed by atoms with Crippen molar-refractivity contribution in [2.45, 2.75) is 51.0 Å². The quantitative estimate of drug-likeness (QED) is 0.321. The summed E-state index contributed by atoms with van der Waals surface area (Å²) < 4.78 is 1.55. The van der Waals surface area contributed by atoms with Crippen molar-refractivity contribution in [3.63, 3.8) is 0 Å². The van der Waals surface area contributed by atoms with E-state index < -0.39 is 0 Å². The molecule has 2 aliphatic heterocycles. The summed E-state index contributed by atoms with van der Waals surface area (Å²) >= 11 is 0. The number of likely N-dealkylation sites (tertiary alicyclic amines) is 2. The Morgan fingerprint density at radius 3 is 2.50 bits per heavy atom. The van der Waals surface area contributed by atoms with Gasteiger partial charge in [-0.05, 0) is 106 Å². The van der Waals surface area contributed by atoms with Crippen LogP contribution in [0.4, 0.5) is 17.6 Å². The standard InChI is InChI=1S/C33H39N9/c34-32-36-33(39-42(32)30-23-26-10-5-9-25-8-1-2-11-29(25)31(26)38-37-30)35-27-14-12-24(13-15-27)7-6-18-40-21-16-28(17-22-40)41-19-3-4-20-41/h1-2,6-8,11-15,23,28H,3-5,9-10,16-22H2,(H3,34,35,36,39). The van der Waals surface area contributed by atoms with E-state index in [9.17, 15) is 0 Å². The minimum Gasteiger partial charge on any atom is -0.368 e. The third-order valence-electron chi connectivity index (χ3n) is 8.93. The van der Waals surface area contributed by atoms with Crippen molar-refractivity contribution in [3.05, 3.63) is 77.4 Å². The first-order chi connectivity index (χ1) is 20.7. The SMILES string of the molecule is Nc1nc(Nc2ccc(C=CCN3CCC(N4CCCC4)CC3)cc2)nn1-c1cc2c(nn1)-c1ccccc1CCC2. The third kappa shape index (κ3) is 5.80. The molecule has 3 N–H and O–H groups in total. The number of anilines is 3. The first-order valence-corrected chi connectivity index (χ1v) is 15.4. The number of hydrogen-bond acceptors (Lipinski definition) is 8. The average molecular weight is 562 g/mol. The van der Waals surface area contributed by atoms with Crippen molar-refractivity contribution >= 4 is 23.7 Å². The predicted octanol–water partition coefficient (Wildman–Crippen LogP) is 5.11. The molecule has 216 valence electrons. The van der Waals surface area contributed by atoms with Crippen LogP contribution in [0.2, 0.25) is 0 Å². The number of fused-ring (bicyclic) bond motifs is 3. The molecule has 3 aliphatic rings. The van der Waals surface area contributed by atoms with Crippen LogP contribution in [0.1, 0.15) is 48.8 Å². The van der Waals surface area contributed by atoms with E-state index in [1.54, 1.807) is 4.68 Å². The van der Waals surface area contributed by atoms with Crippen LogP contribution in [0.3, 0.4) is 0 Å². The van der Waals surface area contributed by atoms with Gasteiger partial charge in [-0.25, -0.2) is 0 Å². The summed E-state index contributed by atoms with van der Waals surface area (Å²) in [6.07, 6.45) is 12.9. The summed E-state index contributed by atoms with van der Waals surface area (Å²) in [7, 11) is 0. The summed E-state index contributed by atoms with van der Waals surface area (Å²) in [6.45, 7) is 6.01. The molecule has 7 rings (SSSR count). The van der Waals surface area contributed by atoms with Crippen LogP contribution in [0.5, 0.6) is 0 Å². The number of nitrogens with two attached hydrogens (primary N) is 1. The van der Waals surface area contributed by atoms with Crippen molar-refractivity contribution in [1.29, 1.82) is 0 Å². The maximum absolute atomic E-state index is 6.26. The molecule has 0 bridgehead atoms. The molecule has 4 aromatic rings. The van der Waals surface area contributed by atoms with Crippen LogP contribution < -0.4 is 11.1 Å². The second-order valence-electron chi connectivity index (χ2n) is 11.7. The summed E-state index contributed by atoms with van der Waals surface area (Å²) in [4.78, 5) is 9.71. The summed E-state index contributed by atoms with van der Waals surface area (Å²) in [5.74, 6) is 1.27. The van der Waals surface area contributed by atoms with Gasteiger partial charge in [-0.1, -0.05) is 48.6 Å². The van der Waals surface area contributed by atoms with E-state index in [1.807, 2.05) is 18.2 Å². The van der Waals surface area contributed by atoms with Crippen LogP contribution in [0.15, 0.2) is 60.7 Å². The Bertz CT molecular complexity index is 1540. The van der Waals surface area contributed by atoms with Gasteiger partial charge >= 0.3 is 0 Å². The molecule has 0 atom stereocenters. The highest BCUT2D eigenvalue weighted by Crippen LogP contribution is 2.31. The molecule has 0 saturated carbocycles. The van der Waals surface area contributed by atoms with E-state index in [-0.39, 0.29) is 5.95 Å². The topological polar surface area (TPSA) is 101 Å². The van der Waals surface area contributed by atoms with E-state index in [0.29, 0.717) is 11.8 Å². The second kappa shape index (κ2) is 12.0. The van der Waals surface area contributed by atoms with Gasteiger partial charge in [-0.15, -0.1) is 15.3 Å². The average Bonchev–Trinajstić information content (AvgIpc) is 3.65. The molecule has 42 heavy (non-hydrogen) atoms. The van der Waals surface area contributed by atoms with Crippen molar-refractivity contribution in [2.24, 2.45) is 0 Å². The molecular formula is C33H39N9. The highest BCUT2D eigenvalue weighted by atomic mass is 15.4. The molecular weight excluding hydrogens is 522 g/mol. The van der Waals surface area contributed by atoms with E-state index in [0.717, 1.165) is 54.4 Å². The number of nitrogens with zero attached hydrogens (tertiary/aromatic N) is 7. The minimum absolute atomic E-state index is 0.268. The second-order valence-corrected chi connectivity index (χ2v) is 11.7. The van der Waals surface area contributed by atoms with Crippen molar-refractivity contribution in [3.8, 4) is 17.1 Å². The van der Waals surface area contributed by atoms with Crippen molar-refractivity contribution in [1.82, 2.24) is 34.8 Å². The number of rotatable bonds is 7. The van der Waals surface area contributed by atoms with Gasteiger partial charge in [0.05, 0.1) is 5.69 Å². The first kappa shape index (κ1) is 26.8. The van der Waals surface area contributed by atoms with Gasteiger partial charge in [-0.2, -0.15) is 9.67 Å². The maximum Gasteiger partial charge on any atom is 0.248 e. The normalized spacial score (nSPS) is 18.2. The Hall–Kier alpha value is -4.08. The van der Waals surface area contributed by atoms with Gasteiger partial charge in [0.25, 0.3) is 0 Å². The molecule has 2 saturated heterocycles. The Morgan fingerprint density at radius 2 is 1.67 bits per heavy atom. The lowest BCUT2D eigenvalue weighted by atomic mass is 10.0. The van der Waals surface area contributed by atoms with Gasteiger partial charge in [0.2, 0.25) is 11.9 Å². The zero-order valence-corrected chi connectivity index (χ0v) is 24.1. The first-order valence-electron chi connectivity index (χ1n) is 15.4. The van der Waals surface area contributed by atoms with Crippen LogP contribution in [-0.2, 0) is 12.8 Å². The molecule has 0 spiro atoms. The summed E-state index contributed by atoms with van der Waals surface area (Å²) in [5.41, 5.74) is 12.9. The predicted molar refractivity (Wildman–Crippen MR) is 168 cm³/mol. The lowest BCUT2D eigenvalue weighted by molar-refractivity contribution is 0.135. The molecule has 2 aromatic heterocycles. The Kier molecular flexibility index (Phi) is 7.68. The van der Waals surface area contributed by atoms with Crippen LogP contribution in [0, 0.1) is 0 Å². The van der Waals surface area contributed by atoms with Crippen LogP contribution in [0.25, 0.3) is 23.2 Å². The molecule has 0 unspecified atom stereocenters. The highest BCUT2D eigenvalue weighted by Gasteiger charge is 2.26. The number of nitrogens with one attached hydrogen (secondary N) is 1. The highest BCUT2D eigenvalue weighted by molar-refractivity contribution is 5.68. The zero-order chi connectivity index (χ0) is 28.3. The fourth-order valence-electron chi connectivity index (χ4n) is 6.64. The molecule has 9 heteroatoms. The van der Waals surface area contributed by atoms with Gasteiger partial charge < -0.3 is 16.0 Å². The molecule has 0 amide bonds. The number of aryl methyl sites for hydroxylation is 2. The zero-order valence-electron chi connectivity index (χ0n) is 24.1. The number of hydrogen-bond donors (Lipinski definition) is 2. The summed E-state index contributed by atoms with van der Waals surface area (Å²) in [5, 5.41) is 16.9. The third-order valence-corrected chi connectivity index (χ3v) is 8.93. The van der Waals surface area contributed by atoms with Crippen molar-refractivity contribution < 1.29 is 0 Å². The Morgan fingerprint density at radius 1 is 0.881 bits per heavy atom. The van der Waals surface area contributed by atoms with Crippen LogP contribution >= 0.6 is 0 Å². The lowest BCUT2D eigenvalue weighted by Crippen LogP contribution is -2.43. The number of piperidine rings is 1. The molecule has 9 nitrogen and oxygen atoms in total. The van der Waals surface area contributed by atoms with Gasteiger partial charge in [0, 0.05) is 23.8 Å². The molecule has 0 radical (unpaired) electrons. The largest absolute Gasteiger partial charge is 0.368 e. The van der Waals surface area contributed by atoms with Gasteiger partial charge in [0.15, 0.2) is 5.82 Å². The van der Waals surface area contributed by atoms with E-state index in [2.05, 4.69) is 83.9 Å². The van der Waals surface area contributed by atoms with Crippen LogP contribution in [-0.4, -0.2) is 73.5 Å². The minimum atomic E-state index is 0.268. The maximum atomic E-state index is 6.26. The van der Waals surface area contributed by atoms with Crippen molar-refractivity contribution in [2.75, 3.05) is 43.8 Å². The fourth-order valence-corrected chi connectivity index (χ4v) is 6.64. The van der Waals surface area contributed by atoms with Gasteiger partial charge in [0.1, 0.15) is 0 Å². The Labute approximate surface area is 247 Å². The molecule has 4 heterocycles. The number of benzene rings is 2. The van der Waals surface area contributed by atoms with E-state index in [1.165, 1.54) is 63.0 Å². The van der Waals surface area contributed by atoms with E-state index >= 15 is 0 Å². The summed E-state index contributed by atoms with van der Waals surface area (Å²) in [6, 6.07) is 19.6. The molecule has 2 aromatic carbocycles. The monoisotopic (exact) mass is 561 g/mol. The molecule has 1 aliphatic carbocycles. The lowest BCUT2D eigenvalue weighted by Gasteiger charge is -2.36. The van der Waals surface area contributed by atoms with E-state index in [4.69, 9.17) is 5.73 Å². The smallest absolute Gasteiger partial charge is 0.248 e. The number of aromatic nitrogens is 5. The number of nitrogen functional groups attached to an aromatic ring is 1. The fraction of sp³-hybridized carbons (Fsp3) is 0.394. The van der Waals surface area contributed by atoms with Gasteiger partial charge in [-0.3, -0.25) is 4.90 Å². The molecule has 2 fully saturated rings.